The summed E-state index contributed by atoms with van der Waals surface area (Å²) in [6.45, 7) is 4.55. The minimum Gasteiger partial charge on any atom is -0.397 e. The van der Waals surface area contributed by atoms with Gasteiger partial charge in [0.25, 0.3) is 5.91 Å². The van der Waals surface area contributed by atoms with Crippen LogP contribution in [0, 0.1) is 6.92 Å². The van der Waals surface area contributed by atoms with Crippen LogP contribution in [0.25, 0.3) is 10.2 Å². The summed E-state index contributed by atoms with van der Waals surface area (Å²) in [4.78, 5) is 18.1. The highest BCUT2D eigenvalue weighted by Crippen LogP contribution is 2.34. The zero-order chi connectivity index (χ0) is 15.4. The first kappa shape index (κ1) is 15.7. The molecule has 2 aromatic rings. The second-order valence-corrected chi connectivity index (χ2v) is 6.07. The maximum Gasteiger partial charge on any atom is 0.263 e. The molecule has 0 spiro atoms. The number of nitrogen functional groups attached to an aromatic ring is 1. The third kappa shape index (κ3) is 3.33. The molecule has 6 heteroatoms. The second-order valence-electron chi connectivity index (χ2n) is 5.07. The number of carbonyl (C=O) groups excluding carboxylic acids is 1. The number of aryl methyl sites for hydroxylation is 1. The molecule has 114 valence electrons. The molecular weight excluding hydrogens is 286 g/mol. The second kappa shape index (κ2) is 6.87. The minimum atomic E-state index is -0.148. The highest BCUT2D eigenvalue weighted by Gasteiger charge is 2.20. The lowest BCUT2D eigenvalue weighted by atomic mass is 10.1. The smallest absolute Gasteiger partial charge is 0.263 e. The number of anilines is 1. The molecule has 2 aromatic heterocycles. The molecule has 5 nitrogen and oxygen atoms in total. The number of ether oxygens (including phenoxy) is 1. The van der Waals surface area contributed by atoms with E-state index in [0.29, 0.717) is 17.2 Å². The average Bonchev–Trinajstić information content (AvgIpc) is 2.78. The highest BCUT2D eigenvalue weighted by molar-refractivity contribution is 7.21. The summed E-state index contributed by atoms with van der Waals surface area (Å²) in [5.41, 5.74) is 7.70. The predicted molar refractivity (Wildman–Crippen MR) is 86.8 cm³/mol. The van der Waals surface area contributed by atoms with Crippen LogP contribution in [-0.4, -0.2) is 30.6 Å². The summed E-state index contributed by atoms with van der Waals surface area (Å²) in [5.74, 6) is -0.148. The van der Waals surface area contributed by atoms with E-state index in [-0.39, 0.29) is 11.9 Å². The van der Waals surface area contributed by atoms with E-state index in [4.69, 9.17) is 10.5 Å². The van der Waals surface area contributed by atoms with Crippen molar-refractivity contribution in [1.29, 1.82) is 0 Å². The Labute approximate surface area is 128 Å². The molecule has 0 aliphatic heterocycles. The fourth-order valence-electron chi connectivity index (χ4n) is 2.37. The maximum atomic E-state index is 12.4. The summed E-state index contributed by atoms with van der Waals surface area (Å²) >= 11 is 1.34. The number of thiophene rings is 1. The molecule has 0 bridgehead atoms. The zero-order valence-electron chi connectivity index (χ0n) is 12.6. The fourth-order valence-corrected chi connectivity index (χ4v) is 3.41. The molecule has 1 unspecified atom stereocenters. The van der Waals surface area contributed by atoms with Gasteiger partial charge in [0.05, 0.1) is 18.3 Å². The van der Waals surface area contributed by atoms with Crippen molar-refractivity contribution in [3.63, 3.8) is 0 Å². The molecule has 1 atom stereocenters. The lowest BCUT2D eigenvalue weighted by Crippen LogP contribution is -2.37. The van der Waals surface area contributed by atoms with Gasteiger partial charge in [-0.3, -0.25) is 4.79 Å². The van der Waals surface area contributed by atoms with Gasteiger partial charge >= 0.3 is 0 Å². The molecule has 0 fully saturated rings. The summed E-state index contributed by atoms with van der Waals surface area (Å²) in [7, 11) is 1.63. The van der Waals surface area contributed by atoms with Gasteiger partial charge in [0.15, 0.2) is 0 Å². The van der Waals surface area contributed by atoms with Crippen LogP contribution in [0.15, 0.2) is 12.3 Å². The van der Waals surface area contributed by atoms with Gasteiger partial charge in [-0.05, 0) is 25.0 Å². The number of hydrogen-bond acceptors (Lipinski definition) is 5. The molecule has 21 heavy (non-hydrogen) atoms. The Hall–Kier alpha value is -1.66. The molecule has 2 heterocycles. The SMILES string of the molecule is CCCC(COC)NC(=O)c1sc2nccc(C)c2c1N. The number of nitrogens with zero attached hydrogens (tertiary/aromatic N) is 1. The molecule has 0 aliphatic rings. The first-order valence-electron chi connectivity index (χ1n) is 7.01. The van der Waals surface area contributed by atoms with Gasteiger partial charge in [-0.1, -0.05) is 13.3 Å². The molecular formula is C15H21N3O2S. The Morgan fingerprint density at radius 2 is 2.33 bits per heavy atom. The number of hydrogen-bond donors (Lipinski definition) is 2. The Balaban J connectivity index is 2.27. The van der Waals surface area contributed by atoms with E-state index in [9.17, 15) is 4.79 Å². The predicted octanol–water partition coefficient (Wildman–Crippen LogP) is 2.73. The van der Waals surface area contributed by atoms with Crippen molar-refractivity contribution in [3.05, 3.63) is 22.7 Å². The number of carbonyl (C=O) groups is 1. The Morgan fingerprint density at radius 3 is 2.95 bits per heavy atom. The van der Waals surface area contributed by atoms with Crippen molar-refractivity contribution in [1.82, 2.24) is 10.3 Å². The molecule has 1 amide bonds. The van der Waals surface area contributed by atoms with Crippen LogP contribution >= 0.6 is 11.3 Å². The topological polar surface area (TPSA) is 77.2 Å². The Morgan fingerprint density at radius 1 is 1.57 bits per heavy atom. The molecule has 0 saturated carbocycles. The van der Waals surface area contributed by atoms with Crippen LogP contribution in [0.2, 0.25) is 0 Å². The molecule has 3 N–H and O–H groups in total. The molecule has 0 aliphatic carbocycles. The molecule has 0 aromatic carbocycles. The van der Waals surface area contributed by atoms with Gasteiger partial charge in [-0.15, -0.1) is 11.3 Å². The van der Waals surface area contributed by atoms with Crippen molar-refractivity contribution in [2.75, 3.05) is 19.5 Å². The first-order valence-corrected chi connectivity index (χ1v) is 7.83. The van der Waals surface area contributed by atoms with Crippen molar-refractivity contribution in [3.8, 4) is 0 Å². The van der Waals surface area contributed by atoms with E-state index in [1.807, 2.05) is 13.0 Å². The number of amides is 1. The Bertz CT molecular complexity index is 633. The largest absolute Gasteiger partial charge is 0.397 e. The molecule has 0 radical (unpaired) electrons. The average molecular weight is 307 g/mol. The van der Waals surface area contributed by atoms with Gasteiger partial charge < -0.3 is 15.8 Å². The van der Waals surface area contributed by atoms with Crippen LogP contribution in [0.5, 0.6) is 0 Å². The van der Waals surface area contributed by atoms with E-state index >= 15 is 0 Å². The number of nitrogens with two attached hydrogens (primary N) is 1. The van der Waals surface area contributed by atoms with E-state index < -0.39 is 0 Å². The van der Waals surface area contributed by atoms with Crippen LogP contribution in [0.4, 0.5) is 5.69 Å². The highest BCUT2D eigenvalue weighted by atomic mass is 32.1. The third-order valence-electron chi connectivity index (χ3n) is 3.38. The van der Waals surface area contributed by atoms with Crippen LogP contribution in [-0.2, 0) is 4.74 Å². The van der Waals surface area contributed by atoms with Crippen molar-refractivity contribution >= 4 is 33.1 Å². The first-order chi connectivity index (χ1) is 10.1. The Kier molecular flexibility index (Phi) is 5.14. The number of pyridine rings is 1. The van der Waals surface area contributed by atoms with E-state index in [1.165, 1.54) is 11.3 Å². The van der Waals surface area contributed by atoms with Gasteiger partial charge in [0.2, 0.25) is 0 Å². The van der Waals surface area contributed by atoms with Gasteiger partial charge in [0.1, 0.15) is 9.71 Å². The standard InChI is InChI=1S/C15H21N3O2S/c1-4-5-10(8-20-3)18-14(19)13-12(16)11-9(2)6-7-17-15(11)21-13/h6-7,10H,4-5,8,16H2,1-3H3,(H,18,19). The van der Waals surface area contributed by atoms with Gasteiger partial charge in [-0.25, -0.2) is 4.98 Å². The lowest BCUT2D eigenvalue weighted by molar-refractivity contribution is 0.0896. The van der Waals surface area contributed by atoms with E-state index in [2.05, 4.69) is 17.2 Å². The zero-order valence-corrected chi connectivity index (χ0v) is 13.4. The number of nitrogens with one attached hydrogen (secondary N) is 1. The maximum absolute atomic E-state index is 12.4. The number of rotatable bonds is 6. The summed E-state index contributed by atoms with van der Waals surface area (Å²) in [5, 5.41) is 3.88. The number of methoxy groups -OCH3 is 1. The lowest BCUT2D eigenvalue weighted by Gasteiger charge is -2.16. The summed E-state index contributed by atoms with van der Waals surface area (Å²) in [6, 6.07) is 1.91. The quantitative estimate of drug-likeness (QED) is 0.860. The van der Waals surface area contributed by atoms with Crippen molar-refractivity contribution < 1.29 is 9.53 Å². The van der Waals surface area contributed by atoms with Gasteiger partial charge in [-0.2, -0.15) is 0 Å². The van der Waals surface area contributed by atoms with Crippen LogP contribution < -0.4 is 11.1 Å². The van der Waals surface area contributed by atoms with Crippen molar-refractivity contribution in [2.24, 2.45) is 0 Å². The van der Waals surface area contributed by atoms with Crippen LogP contribution in [0.1, 0.15) is 35.0 Å². The summed E-state index contributed by atoms with van der Waals surface area (Å²) in [6.07, 6.45) is 3.60. The fraction of sp³-hybridized carbons (Fsp3) is 0.467. The van der Waals surface area contributed by atoms with E-state index in [1.54, 1.807) is 13.3 Å². The van der Waals surface area contributed by atoms with Crippen LogP contribution in [0.3, 0.4) is 0 Å². The van der Waals surface area contributed by atoms with E-state index in [0.717, 1.165) is 28.6 Å². The van der Waals surface area contributed by atoms with Crippen molar-refractivity contribution in [2.45, 2.75) is 32.7 Å². The normalized spacial score (nSPS) is 12.5. The molecule has 2 rings (SSSR count). The minimum absolute atomic E-state index is 0.00571. The number of aromatic nitrogens is 1. The monoisotopic (exact) mass is 307 g/mol. The number of fused-ring (bicyclic) bond motifs is 1. The summed E-state index contributed by atoms with van der Waals surface area (Å²) < 4.78 is 5.15. The third-order valence-corrected chi connectivity index (χ3v) is 4.50. The molecule has 0 saturated heterocycles. The van der Waals surface area contributed by atoms with Gasteiger partial charge in [0, 0.05) is 18.7 Å².